The van der Waals surface area contributed by atoms with Crippen molar-refractivity contribution in [3.8, 4) is 0 Å². The fraction of sp³-hybridized carbons (Fsp3) is 0.0714. The smallest absolute Gasteiger partial charge is 0.257 e. The van der Waals surface area contributed by atoms with Gasteiger partial charge in [-0.25, -0.2) is 9.97 Å². The van der Waals surface area contributed by atoms with Crippen LogP contribution < -0.4 is 5.32 Å². The largest absolute Gasteiger partial charge is 0.441 e. The molecular weight excluding hydrogens is 278 g/mol. The number of oxazole rings is 1. The number of halogens is 1. The van der Waals surface area contributed by atoms with E-state index in [1.165, 1.54) is 6.20 Å². The molecule has 0 radical (unpaired) electrons. The second-order valence-corrected chi connectivity index (χ2v) is 4.63. The molecule has 0 unspecified atom stereocenters. The van der Waals surface area contributed by atoms with Crippen molar-refractivity contribution in [3.05, 3.63) is 53.1 Å². The summed E-state index contributed by atoms with van der Waals surface area (Å²) in [6.45, 7) is 1.78. The molecule has 0 saturated heterocycles. The maximum absolute atomic E-state index is 12.0. The highest BCUT2D eigenvalue weighted by Gasteiger charge is 2.08. The molecule has 0 aliphatic heterocycles. The van der Waals surface area contributed by atoms with Crippen molar-refractivity contribution < 1.29 is 9.21 Å². The molecule has 2 heterocycles. The van der Waals surface area contributed by atoms with Gasteiger partial charge in [0, 0.05) is 18.8 Å². The molecule has 0 atom stereocenters. The average Bonchev–Trinajstić information content (AvgIpc) is 2.78. The van der Waals surface area contributed by atoms with Gasteiger partial charge in [-0.2, -0.15) is 0 Å². The summed E-state index contributed by atoms with van der Waals surface area (Å²) in [5.41, 5.74) is 2.47. The molecule has 20 heavy (non-hydrogen) atoms. The Morgan fingerprint density at radius 3 is 2.90 bits per heavy atom. The number of hydrogen-bond donors (Lipinski definition) is 1. The van der Waals surface area contributed by atoms with E-state index in [2.05, 4.69) is 15.3 Å². The van der Waals surface area contributed by atoms with Gasteiger partial charge in [-0.3, -0.25) is 4.79 Å². The molecule has 3 rings (SSSR count). The van der Waals surface area contributed by atoms with Crippen molar-refractivity contribution >= 4 is 34.3 Å². The number of aromatic nitrogens is 2. The van der Waals surface area contributed by atoms with Gasteiger partial charge in [0.25, 0.3) is 5.91 Å². The second kappa shape index (κ2) is 4.94. The number of carbonyl (C=O) groups excluding carboxylic acids is 1. The van der Waals surface area contributed by atoms with Crippen LogP contribution in [-0.2, 0) is 0 Å². The van der Waals surface area contributed by atoms with Gasteiger partial charge >= 0.3 is 0 Å². The first-order valence-corrected chi connectivity index (χ1v) is 6.30. The monoisotopic (exact) mass is 287 g/mol. The van der Waals surface area contributed by atoms with Gasteiger partial charge in [-0.1, -0.05) is 11.6 Å². The van der Waals surface area contributed by atoms with E-state index in [1.807, 2.05) is 0 Å². The summed E-state index contributed by atoms with van der Waals surface area (Å²) < 4.78 is 5.38. The number of amides is 1. The molecule has 0 saturated carbocycles. The van der Waals surface area contributed by atoms with Gasteiger partial charge in [0.05, 0.1) is 5.56 Å². The van der Waals surface area contributed by atoms with Crippen molar-refractivity contribution in [1.29, 1.82) is 0 Å². The van der Waals surface area contributed by atoms with Crippen LogP contribution in [-0.4, -0.2) is 15.9 Å². The SMILES string of the molecule is Cc1nc2cc(NC(=O)c3ccc(Cl)nc3)ccc2o1. The molecule has 1 N–H and O–H groups in total. The lowest BCUT2D eigenvalue weighted by atomic mass is 10.2. The van der Waals surface area contributed by atoms with E-state index in [1.54, 1.807) is 37.3 Å². The Balaban J connectivity index is 1.84. The van der Waals surface area contributed by atoms with E-state index in [-0.39, 0.29) is 5.91 Å². The number of hydrogen-bond acceptors (Lipinski definition) is 4. The fourth-order valence-corrected chi connectivity index (χ4v) is 1.95. The summed E-state index contributed by atoms with van der Waals surface area (Å²) in [5, 5.41) is 3.12. The Bertz CT molecular complexity index is 781. The maximum atomic E-state index is 12.0. The minimum Gasteiger partial charge on any atom is -0.441 e. The standard InChI is InChI=1S/C14H10ClN3O2/c1-8-17-11-6-10(3-4-12(11)20-8)18-14(19)9-2-5-13(15)16-7-9/h2-7H,1H3,(H,18,19). The lowest BCUT2D eigenvalue weighted by Gasteiger charge is -2.04. The number of nitrogens with one attached hydrogen (secondary N) is 1. The maximum Gasteiger partial charge on any atom is 0.257 e. The third-order valence-corrected chi connectivity index (χ3v) is 2.97. The molecule has 1 amide bonds. The first-order chi connectivity index (χ1) is 9.61. The molecule has 3 aromatic rings. The van der Waals surface area contributed by atoms with Crippen molar-refractivity contribution in [1.82, 2.24) is 9.97 Å². The van der Waals surface area contributed by atoms with Gasteiger partial charge in [0.15, 0.2) is 11.5 Å². The van der Waals surface area contributed by atoms with E-state index in [0.29, 0.717) is 33.4 Å². The highest BCUT2D eigenvalue weighted by molar-refractivity contribution is 6.29. The predicted molar refractivity (Wildman–Crippen MR) is 75.9 cm³/mol. The molecular formula is C14H10ClN3O2. The first-order valence-electron chi connectivity index (χ1n) is 5.92. The van der Waals surface area contributed by atoms with Crippen molar-refractivity contribution in [2.24, 2.45) is 0 Å². The Kier molecular flexibility index (Phi) is 3.12. The number of benzene rings is 1. The summed E-state index contributed by atoms with van der Waals surface area (Å²) in [6, 6.07) is 8.47. The molecule has 100 valence electrons. The Hall–Kier alpha value is -2.40. The molecule has 0 spiro atoms. The van der Waals surface area contributed by atoms with Crippen LogP contribution in [0.3, 0.4) is 0 Å². The van der Waals surface area contributed by atoms with Crippen LogP contribution in [0.5, 0.6) is 0 Å². The number of carbonyl (C=O) groups is 1. The highest BCUT2D eigenvalue weighted by Crippen LogP contribution is 2.20. The number of fused-ring (bicyclic) bond motifs is 1. The van der Waals surface area contributed by atoms with Gasteiger partial charge < -0.3 is 9.73 Å². The van der Waals surface area contributed by atoms with Crippen LogP contribution in [0, 0.1) is 6.92 Å². The lowest BCUT2D eigenvalue weighted by molar-refractivity contribution is 0.102. The number of aryl methyl sites for hydroxylation is 1. The molecule has 0 aliphatic carbocycles. The van der Waals surface area contributed by atoms with Crippen LogP contribution in [0.15, 0.2) is 40.9 Å². The van der Waals surface area contributed by atoms with Crippen LogP contribution in [0.2, 0.25) is 5.15 Å². The summed E-state index contributed by atoms with van der Waals surface area (Å²) in [4.78, 5) is 20.1. The van der Waals surface area contributed by atoms with E-state index in [9.17, 15) is 4.79 Å². The summed E-state index contributed by atoms with van der Waals surface area (Å²) in [6.07, 6.45) is 1.43. The van der Waals surface area contributed by atoms with E-state index in [4.69, 9.17) is 16.0 Å². The second-order valence-electron chi connectivity index (χ2n) is 4.24. The van der Waals surface area contributed by atoms with Gasteiger partial charge in [0.1, 0.15) is 10.7 Å². The van der Waals surface area contributed by atoms with E-state index < -0.39 is 0 Å². The van der Waals surface area contributed by atoms with E-state index >= 15 is 0 Å². The van der Waals surface area contributed by atoms with Crippen molar-refractivity contribution in [2.75, 3.05) is 5.32 Å². The minimum atomic E-state index is -0.256. The zero-order valence-electron chi connectivity index (χ0n) is 10.6. The number of anilines is 1. The lowest BCUT2D eigenvalue weighted by Crippen LogP contribution is -2.11. The summed E-state index contributed by atoms with van der Waals surface area (Å²) in [5.74, 6) is 0.333. The summed E-state index contributed by atoms with van der Waals surface area (Å²) >= 11 is 5.68. The third kappa shape index (κ3) is 2.48. The molecule has 0 bridgehead atoms. The zero-order valence-corrected chi connectivity index (χ0v) is 11.3. The van der Waals surface area contributed by atoms with Gasteiger partial charge in [-0.05, 0) is 30.3 Å². The Morgan fingerprint density at radius 2 is 2.15 bits per heavy atom. The zero-order chi connectivity index (χ0) is 14.1. The van der Waals surface area contributed by atoms with Crippen LogP contribution in [0.1, 0.15) is 16.2 Å². The van der Waals surface area contributed by atoms with Gasteiger partial charge in [-0.15, -0.1) is 0 Å². The molecule has 0 aliphatic rings. The Labute approximate surface area is 119 Å². The highest BCUT2D eigenvalue weighted by atomic mass is 35.5. The van der Waals surface area contributed by atoms with Crippen LogP contribution in [0.25, 0.3) is 11.1 Å². The van der Waals surface area contributed by atoms with Crippen LogP contribution >= 0.6 is 11.6 Å². The Morgan fingerprint density at radius 1 is 1.30 bits per heavy atom. The van der Waals surface area contributed by atoms with Crippen molar-refractivity contribution in [2.45, 2.75) is 6.92 Å². The number of rotatable bonds is 2. The average molecular weight is 288 g/mol. The summed E-state index contributed by atoms with van der Waals surface area (Å²) in [7, 11) is 0. The normalized spacial score (nSPS) is 10.7. The molecule has 6 heteroatoms. The third-order valence-electron chi connectivity index (χ3n) is 2.74. The van der Waals surface area contributed by atoms with E-state index in [0.717, 1.165) is 0 Å². The van der Waals surface area contributed by atoms with Crippen molar-refractivity contribution in [3.63, 3.8) is 0 Å². The predicted octanol–water partition coefficient (Wildman–Crippen LogP) is 3.44. The molecule has 2 aromatic heterocycles. The number of pyridine rings is 1. The minimum absolute atomic E-state index is 0.256. The molecule has 1 aromatic carbocycles. The fourth-order valence-electron chi connectivity index (χ4n) is 1.83. The quantitative estimate of drug-likeness (QED) is 0.733. The van der Waals surface area contributed by atoms with Crippen LogP contribution in [0.4, 0.5) is 5.69 Å². The van der Waals surface area contributed by atoms with Gasteiger partial charge in [0.2, 0.25) is 0 Å². The molecule has 0 fully saturated rings. The first kappa shape index (κ1) is 12.6. The number of nitrogens with zero attached hydrogens (tertiary/aromatic N) is 2. The molecule has 5 nitrogen and oxygen atoms in total. The topological polar surface area (TPSA) is 68.0 Å².